The van der Waals surface area contributed by atoms with E-state index in [1.54, 1.807) is 18.4 Å². The molecule has 0 atom stereocenters. The third-order valence-corrected chi connectivity index (χ3v) is 3.83. The van der Waals surface area contributed by atoms with Crippen LogP contribution in [-0.4, -0.2) is 16.5 Å². The zero-order chi connectivity index (χ0) is 13.2. The minimum Gasteiger partial charge on any atom is -0.495 e. The first kappa shape index (κ1) is 12.3. The lowest BCUT2D eigenvalue weighted by molar-refractivity contribution is 0.415. The first-order chi connectivity index (χ1) is 9.26. The second-order valence-electron chi connectivity index (χ2n) is 4.03. The molecule has 6 heteroatoms. The number of nitrogens with zero attached hydrogens (tertiary/aromatic N) is 2. The molecule has 3 rings (SSSR count). The molecule has 19 heavy (non-hydrogen) atoms. The first-order valence-electron chi connectivity index (χ1n) is 5.75. The van der Waals surface area contributed by atoms with Crippen LogP contribution in [0.25, 0.3) is 4.96 Å². The molecule has 0 spiro atoms. The van der Waals surface area contributed by atoms with Crippen molar-refractivity contribution in [2.75, 3.05) is 12.4 Å². The van der Waals surface area contributed by atoms with E-state index in [-0.39, 0.29) is 0 Å². The van der Waals surface area contributed by atoms with Crippen molar-refractivity contribution >= 4 is 33.6 Å². The molecule has 1 aromatic carbocycles. The molecule has 0 fully saturated rings. The molecule has 0 aliphatic rings. The molecule has 0 bridgehead atoms. The number of rotatable bonds is 4. The first-order valence-corrected chi connectivity index (χ1v) is 7.00. The summed E-state index contributed by atoms with van der Waals surface area (Å²) in [6.07, 6.45) is 4.02. The van der Waals surface area contributed by atoms with E-state index < -0.39 is 0 Å². The van der Waals surface area contributed by atoms with Crippen molar-refractivity contribution in [3.05, 3.63) is 46.7 Å². The van der Waals surface area contributed by atoms with Crippen LogP contribution in [0.3, 0.4) is 0 Å². The topological polar surface area (TPSA) is 38.6 Å². The van der Waals surface area contributed by atoms with Gasteiger partial charge in [-0.1, -0.05) is 11.6 Å². The number of nitrogens with one attached hydrogen (secondary N) is 1. The zero-order valence-corrected chi connectivity index (χ0v) is 11.8. The highest BCUT2D eigenvalue weighted by Crippen LogP contribution is 2.27. The van der Waals surface area contributed by atoms with E-state index in [0.717, 1.165) is 16.3 Å². The molecular formula is C13H12ClN3OS. The molecule has 4 nitrogen and oxygen atoms in total. The van der Waals surface area contributed by atoms with Crippen molar-refractivity contribution in [2.24, 2.45) is 0 Å². The highest BCUT2D eigenvalue weighted by Gasteiger charge is 2.04. The molecule has 0 radical (unpaired) electrons. The number of ether oxygens (including phenoxy) is 1. The summed E-state index contributed by atoms with van der Waals surface area (Å²) in [4.78, 5) is 5.51. The van der Waals surface area contributed by atoms with Crippen LogP contribution in [0.5, 0.6) is 5.75 Å². The van der Waals surface area contributed by atoms with Crippen LogP contribution in [0.1, 0.15) is 5.69 Å². The average Bonchev–Trinajstić information content (AvgIpc) is 2.97. The van der Waals surface area contributed by atoms with Crippen LogP contribution in [0, 0.1) is 0 Å². The van der Waals surface area contributed by atoms with E-state index in [2.05, 4.69) is 10.3 Å². The maximum absolute atomic E-state index is 6.07. The normalized spacial score (nSPS) is 10.8. The van der Waals surface area contributed by atoms with Crippen LogP contribution in [0.15, 0.2) is 36.0 Å². The highest BCUT2D eigenvalue weighted by atomic mass is 35.5. The minimum absolute atomic E-state index is 0.596. The summed E-state index contributed by atoms with van der Waals surface area (Å²) in [7, 11) is 1.60. The fraction of sp³-hybridized carbons (Fsp3) is 0.154. The van der Waals surface area contributed by atoms with Crippen LogP contribution < -0.4 is 10.1 Å². The Labute approximate surface area is 119 Å². The van der Waals surface area contributed by atoms with Crippen molar-refractivity contribution < 1.29 is 4.74 Å². The SMILES string of the molecule is COc1ccc(NCc2cn3ccsc3n2)cc1Cl. The molecule has 0 amide bonds. The molecule has 3 aromatic rings. The van der Waals surface area contributed by atoms with Crippen molar-refractivity contribution in [1.29, 1.82) is 0 Å². The number of hydrogen-bond acceptors (Lipinski definition) is 4. The molecule has 1 N–H and O–H groups in total. The zero-order valence-electron chi connectivity index (χ0n) is 10.3. The number of thiazole rings is 1. The molecular weight excluding hydrogens is 282 g/mol. The lowest BCUT2D eigenvalue weighted by atomic mass is 10.3. The Morgan fingerprint density at radius 3 is 3.11 bits per heavy atom. The van der Waals surface area contributed by atoms with Gasteiger partial charge in [-0.2, -0.15) is 0 Å². The summed E-state index contributed by atoms with van der Waals surface area (Å²) in [5.74, 6) is 0.676. The second kappa shape index (κ2) is 5.11. The molecule has 0 unspecified atom stereocenters. The van der Waals surface area contributed by atoms with Gasteiger partial charge in [0.25, 0.3) is 0 Å². The molecule has 0 aliphatic heterocycles. The van der Waals surface area contributed by atoms with Gasteiger partial charge < -0.3 is 10.1 Å². The largest absolute Gasteiger partial charge is 0.495 e. The van der Waals surface area contributed by atoms with Crippen molar-refractivity contribution in [3.63, 3.8) is 0 Å². The van der Waals surface area contributed by atoms with Gasteiger partial charge in [-0.15, -0.1) is 11.3 Å². The number of anilines is 1. The lowest BCUT2D eigenvalue weighted by Gasteiger charge is -2.07. The van der Waals surface area contributed by atoms with Gasteiger partial charge in [-0.05, 0) is 18.2 Å². The van der Waals surface area contributed by atoms with Gasteiger partial charge in [0.15, 0.2) is 4.96 Å². The number of fused-ring (bicyclic) bond motifs is 1. The summed E-state index contributed by atoms with van der Waals surface area (Å²) in [5.41, 5.74) is 1.95. The Balaban J connectivity index is 1.71. The van der Waals surface area contributed by atoms with E-state index in [1.165, 1.54) is 0 Å². The van der Waals surface area contributed by atoms with Crippen molar-refractivity contribution in [2.45, 2.75) is 6.54 Å². The van der Waals surface area contributed by atoms with E-state index >= 15 is 0 Å². The predicted octanol–water partition coefficient (Wildman–Crippen LogP) is 3.67. The third-order valence-electron chi connectivity index (χ3n) is 2.77. The molecule has 0 saturated carbocycles. The summed E-state index contributed by atoms with van der Waals surface area (Å²) < 4.78 is 7.13. The monoisotopic (exact) mass is 293 g/mol. The lowest BCUT2D eigenvalue weighted by Crippen LogP contribution is -1.99. The van der Waals surface area contributed by atoms with Gasteiger partial charge in [-0.3, -0.25) is 4.40 Å². The number of hydrogen-bond donors (Lipinski definition) is 1. The summed E-state index contributed by atoms with van der Waals surface area (Å²) >= 11 is 7.70. The van der Waals surface area contributed by atoms with Gasteiger partial charge in [0.05, 0.1) is 24.4 Å². The summed E-state index contributed by atoms with van der Waals surface area (Å²) in [6, 6.07) is 5.62. The maximum atomic E-state index is 6.07. The standard InChI is InChI=1S/C13H12ClN3OS/c1-18-12-3-2-9(6-11(12)14)15-7-10-8-17-4-5-19-13(17)16-10/h2-6,8,15H,7H2,1H3. The fourth-order valence-corrected chi connectivity index (χ4v) is 2.81. The Kier molecular flexibility index (Phi) is 3.31. The number of halogens is 1. The van der Waals surface area contributed by atoms with Crippen molar-refractivity contribution in [3.8, 4) is 5.75 Å². The van der Waals surface area contributed by atoms with Crippen LogP contribution in [0.4, 0.5) is 5.69 Å². The average molecular weight is 294 g/mol. The van der Waals surface area contributed by atoms with E-state index in [1.807, 2.05) is 40.4 Å². The van der Waals surface area contributed by atoms with Crippen LogP contribution in [0.2, 0.25) is 5.02 Å². The quantitative estimate of drug-likeness (QED) is 0.797. The number of imidazole rings is 1. The van der Waals surface area contributed by atoms with Gasteiger partial charge in [-0.25, -0.2) is 4.98 Å². The van der Waals surface area contributed by atoms with E-state index in [0.29, 0.717) is 17.3 Å². The van der Waals surface area contributed by atoms with Gasteiger partial charge >= 0.3 is 0 Å². The van der Waals surface area contributed by atoms with Gasteiger partial charge in [0.1, 0.15) is 5.75 Å². The summed E-state index contributed by atoms with van der Waals surface area (Å²) in [5, 5.41) is 5.90. The second-order valence-corrected chi connectivity index (χ2v) is 5.31. The van der Waals surface area contributed by atoms with Crippen LogP contribution in [-0.2, 0) is 6.54 Å². The highest BCUT2D eigenvalue weighted by molar-refractivity contribution is 7.15. The Hall–Kier alpha value is -1.72. The van der Waals surface area contributed by atoms with Gasteiger partial charge in [0, 0.05) is 23.5 Å². The third kappa shape index (κ3) is 2.52. The number of aromatic nitrogens is 2. The van der Waals surface area contributed by atoms with E-state index in [9.17, 15) is 0 Å². The van der Waals surface area contributed by atoms with E-state index in [4.69, 9.17) is 16.3 Å². The molecule has 98 valence electrons. The molecule has 2 heterocycles. The summed E-state index contributed by atoms with van der Waals surface area (Å²) in [6.45, 7) is 0.664. The molecule has 0 saturated heterocycles. The molecule has 2 aromatic heterocycles. The number of benzene rings is 1. The Morgan fingerprint density at radius 1 is 1.47 bits per heavy atom. The smallest absolute Gasteiger partial charge is 0.193 e. The minimum atomic E-state index is 0.596. The fourth-order valence-electron chi connectivity index (χ4n) is 1.83. The Morgan fingerprint density at radius 2 is 2.37 bits per heavy atom. The molecule has 0 aliphatic carbocycles. The van der Waals surface area contributed by atoms with Crippen LogP contribution >= 0.6 is 22.9 Å². The van der Waals surface area contributed by atoms with Gasteiger partial charge in [0.2, 0.25) is 0 Å². The number of methoxy groups -OCH3 is 1. The predicted molar refractivity (Wildman–Crippen MR) is 78.4 cm³/mol. The maximum Gasteiger partial charge on any atom is 0.193 e. The van der Waals surface area contributed by atoms with Crippen molar-refractivity contribution in [1.82, 2.24) is 9.38 Å². The Bertz CT molecular complexity index is 678.